The van der Waals surface area contributed by atoms with Gasteiger partial charge in [-0.1, -0.05) is 54.6 Å². The predicted molar refractivity (Wildman–Crippen MR) is 77.5 cm³/mol. The SMILES string of the molecule is Cn1c(-c2ccccc2)nc2c1C(=O)c1ccccc1-2. The van der Waals surface area contributed by atoms with Crippen molar-refractivity contribution in [3.8, 4) is 22.6 Å². The molecule has 0 amide bonds. The summed E-state index contributed by atoms with van der Waals surface area (Å²) in [4.78, 5) is 17.2. The van der Waals surface area contributed by atoms with Crippen molar-refractivity contribution in [2.75, 3.05) is 0 Å². The van der Waals surface area contributed by atoms with Crippen LogP contribution >= 0.6 is 0 Å². The highest BCUT2D eigenvalue weighted by Crippen LogP contribution is 2.37. The van der Waals surface area contributed by atoms with E-state index in [0.717, 1.165) is 28.2 Å². The molecule has 0 unspecified atom stereocenters. The molecule has 0 N–H and O–H groups in total. The first-order valence-electron chi connectivity index (χ1n) is 6.53. The maximum atomic E-state index is 12.5. The lowest BCUT2D eigenvalue weighted by molar-refractivity contribution is 0.103. The molecule has 2 aromatic carbocycles. The number of ketones is 1. The van der Waals surface area contributed by atoms with Gasteiger partial charge in [0.2, 0.25) is 5.78 Å². The number of aromatic nitrogens is 2. The molecule has 1 aliphatic carbocycles. The number of rotatable bonds is 1. The summed E-state index contributed by atoms with van der Waals surface area (Å²) in [6.07, 6.45) is 0. The highest BCUT2D eigenvalue weighted by molar-refractivity contribution is 6.20. The summed E-state index contributed by atoms with van der Waals surface area (Å²) in [6.45, 7) is 0. The van der Waals surface area contributed by atoms with Crippen LogP contribution in [-0.2, 0) is 7.05 Å². The molecule has 0 radical (unpaired) electrons. The lowest BCUT2D eigenvalue weighted by Crippen LogP contribution is -2.05. The van der Waals surface area contributed by atoms with Crippen molar-refractivity contribution in [1.82, 2.24) is 9.55 Å². The van der Waals surface area contributed by atoms with Crippen LogP contribution < -0.4 is 0 Å². The average Bonchev–Trinajstić information content (AvgIpc) is 2.98. The van der Waals surface area contributed by atoms with Gasteiger partial charge >= 0.3 is 0 Å². The number of carbonyl (C=O) groups excluding carboxylic acids is 1. The number of hydrogen-bond acceptors (Lipinski definition) is 2. The molecule has 0 atom stereocenters. The van der Waals surface area contributed by atoms with Gasteiger partial charge in [-0.2, -0.15) is 0 Å². The molecular formula is C17H12N2O. The molecule has 0 bridgehead atoms. The molecule has 1 aromatic heterocycles. The second-order valence-electron chi connectivity index (χ2n) is 4.93. The van der Waals surface area contributed by atoms with Crippen LogP contribution in [0.25, 0.3) is 22.6 Å². The van der Waals surface area contributed by atoms with Gasteiger partial charge in [-0.25, -0.2) is 4.98 Å². The standard InChI is InChI=1S/C17H12N2O/c1-19-15-14(12-9-5-6-10-13(12)16(15)20)18-17(19)11-7-3-2-4-8-11/h2-10H,1H3. The first kappa shape index (κ1) is 11.2. The highest BCUT2D eigenvalue weighted by atomic mass is 16.1. The van der Waals surface area contributed by atoms with Crippen LogP contribution in [0.4, 0.5) is 0 Å². The van der Waals surface area contributed by atoms with Crippen molar-refractivity contribution in [1.29, 1.82) is 0 Å². The van der Waals surface area contributed by atoms with Gasteiger partial charge in [-0.3, -0.25) is 4.79 Å². The number of nitrogens with zero attached hydrogens (tertiary/aromatic N) is 2. The van der Waals surface area contributed by atoms with Gasteiger partial charge in [-0.05, 0) is 0 Å². The Bertz CT molecular complexity index is 831. The second kappa shape index (κ2) is 3.90. The van der Waals surface area contributed by atoms with Gasteiger partial charge in [0.1, 0.15) is 17.2 Å². The zero-order valence-electron chi connectivity index (χ0n) is 11.0. The molecule has 1 heterocycles. The minimum absolute atomic E-state index is 0.0628. The monoisotopic (exact) mass is 260 g/mol. The van der Waals surface area contributed by atoms with Crippen molar-refractivity contribution in [2.24, 2.45) is 7.05 Å². The van der Waals surface area contributed by atoms with E-state index in [4.69, 9.17) is 4.98 Å². The quantitative estimate of drug-likeness (QED) is 0.526. The Balaban J connectivity index is 1.99. The number of carbonyl (C=O) groups is 1. The molecule has 96 valence electrons. The fourth-order valence-electron chi connectivity index (χ4n) is 2.81. The zero-order chi connectivity index (χ0) is 13.7. The van der Waals surface area contributed by atoms with Gasteiger partial charge < -0.3 is 4.57 Å². The van der Waals surface area contributed by atoms with E-state index < -0.39 is 0 Å². The Kier molecular flexibility index (Phi) is 2.18. The fourth-order valence-corrected chi connectivity index (χ4v) is 2.81. The maximum absolute atomic E-state index is 12.5. The summed E-state index contributed by atoms with van der Waals surface area (Å²) in [5, 5.41) is 0. The summed E-state index contributed by atoms with van der Waals surface area (Å²) in [5.74, 6) is 0.895. The highest BCUT2D eigenvalue weighted by Gasteiger charge is 2.32. The van der Waals surface area contributed by atoms with E-state index in [1.165, 1.54) is 0 Å². The van der Waals surface area contributed by atoms with E-state index in [0.29, 0.717) is 5.69 Å². The number of hydrogen-bond donors (Lipinski definition) is 0. The van der Waals surface area contributed by atoms with E-state index in [2.05, 4.69) is 0 Å². The van der Waals surface area contributed by atoms with E-state index in [9.17, 15) is 4.79 Å². The van der Waals surface area contributed by atoms with Crippen molar-refractivity contribution in [3.63, 3.8) is 0 Å². The van der Waals surface area contributed by atoms with Gasteiger partial charge in [0.25, 0.3) is 0 Å². The molecule has 3 aromatic rings. The Morgan fingerprint density at radius 1 is 0.900 bits per heavy atom. The van der Waals surface area contributed by atoms with Crippen LogP contribution in [0.5, 0.6) is 0 Å². The third-order valence-electron chi connectivity index (χ3n) is 3.77. The molecule has 3 nitrogen and oxygen atoms in total. The smallest absolute Gasteiger partial charge is 0.212 e. The fraction of sp³-hybridized carbons (Fsp3) is 0.0588. The molecule has 4 rings (SSSR count). The minimum Gasteiger partial charge on any atom is -0.324 e. The molecule has 20 heavy (non-hydrogen) atoms. The molecule has 0 saturated heterocycles. The molecule has 3 heteroatoms. The molecule has 1 aliphatic rings. The van der Waals surface area contributed by atoms with Crippen molar-refractivity contribution in [3.05, 3.63) is 65.9 Å². The van der Waals surface area contributed by atoms with Crippen molar-refractivity contribution in [2.45, 2.75) is 0 Å². The summed E-state index contributed by atoms with van der Waals surface area (Å²) >= 11 is 0. The summed E-state index contributed by atoms with van der Waals surface area (Å²) in [6, 6.07) is 17.6. The zero-order valence-corrected chi connectivity index (χ0v) is 11.0. The maximum Gasteiger partial charge on any atom is 0.212 e. The predicted octanol–water partition coefficient (Wildman–Crippen LogP) is 3.30. The average molecular weight is 260 g/mol. The lowest BCUT2D eigenvalue weighted by Gasteiger charge is -2.04. The van der Waals surface area contributed by atoms with E-state index in [-0.39, 0.29) is 5.78 Å². The Morgan fingerprint density at radius 3 is 2.30 bits per heavy atom. The largest absolute Gasteiger partial charge is 0.324 e. The molecule has 0 spiro atoms. The van der Waals surface area contributed by atoms with Crippen LogP contribution in [0.1, 0.15) is 16.1 Å². The molecule has 0 saturated carbocycles. The van der Waals surface area contributed by atoms with E-state index in [1.807, 2.05) is 66.2 Å². The third-order valence-corrected chi connectivity index (χ3v) is 3.77. The Labute approximate surface area is 116 Å². The van der Waals surface area contributed by atoms with Crippen molar-refractivity contribution >= 4 is 5.78 Å². The first-order valence-corrected chi connectivity index (χ1v) is 6.53. The number of benzene rings is 2. The topological polar surface area (TPSA) is 34.9 Å². The number of imidazole rings is 1. The Morgan fingerprint density at radius 2 is 1.55 bits per heavy atom. The molecule has 0 fully saturated rings. The van der Waals surface area contributed by atoms with Gasteiger partial charge in [0.05, 0.1) is 0 Å². The Hall–Kier alpha value is -2.68. The van der Waals surface area contributed by atoms with Gasteiger partial charge in [0, 0.05) is 23.7 Å². The molecule has 0 aliphatic heterocycles. The van der Waals surface area contributed by atoms with Crippen molar-refractivity contribution < 1.29 is 4.79 Å². The second-order valence-corrected chi connectivity index (χ2v) is 4.93. The van der Waals surface area contributed by atoms with Gasteiger partial charge in [0.15, 0.2) is 0 Å². The van der Waals surface area contributed by atoms with E-state index in [1.54, 1.807) is 0 Å². The minimum atomic E-state index is 0.0628. The first-order chi connectivity index (χ1) is 9.77. The van der Waals surface area contributed by atoms with Gasteiger partial charge in [-0.15, -0.1) is 0 Å². The van der Waals surface area contributed by atoms with Crippen LogP contribution in [0, 0.1) is 0 Å². The summed E-state index contributed by atoms with van der Waals surface area (Å²) < 4.78 is 1.90. The van der Waals surface area contributed by atoms with Crippen LogP contribution in [0.2, 0.25) is 0 Å². The van der Waals surface area contributed by atoms with Crippen LogP contribution in [0.3, 0.4) is 0 Å². The normalized spacial score (nSPS) is 12.3. The lowest BCUT2D eigenvalue weighted by atomic mass is 10.1. The van der Waals surface area contributed by atoms with Crippen LogP contribution in [-0.4, -0.2) is 15.3 Å². The third kappa shape index (κ3) is 1.35. The number of fused-ring (bicyclic) bond motifs is 3. The summed E-state index contributed by atoms with van der Waals surface area (Å²) in [7, 11) is 1.90. The van der Waals surface area contributed by atoms with Crippen LogP contribution in [0.15, 0.2) is 54.6 Å². The summed E-state index contributed by atoms with van der Waals surface area (Å²) in [5.41, 5.74) is 4.19. The van der Waals surface area contributed by atoms with E-state index >= 15 is 0 Å². The molecular weight excluding hydrogens is 248 g/mol.